The lowest BCUT2D eigenvalue weighted by atomic mass is 9.68. The Morgan fingerprint density at radius 1 is 1.38 bits per heavy atom. The molecule has 0 unspecified atom stereocenters. The molecular formula is C18H22ClNO. The van der Waals surface area contributed by atoms with E-state index in [4.69, 9.17) is 16.3 Å². The van der Waals surface area contributed by atoms with Gasteiger partial charge in [0.05, 0.1) is 18.1 Å². The van der Waals surface area contributed by atoms with Crippen LogP contribution in [0.1, 0.15) is 50.2 Å². The summed E-state index contributed by atoms with van der Waals surface area (Å²) in [5.41, 5.74) is 2.11. The quantitative estimate of drug-likeness (QED) is 0.793. The van der Waals surface area contributed by atoms with Gasteiger partial charge in [0, 0.05) is 11.4 Å². The predicted molar refractivity (Wildman–Crippen MR) is 84.7 cm³/mol. The molecule has 112 valence electrons. The van der Waals surface area contributed by atoms with Crippen LogP contribution in [0, 0.1) is 22.7 Å². The number of nitriles is 1. The topological polar surface area (TPSA) is 33.0 Å². The van der Waals surface area contributed by atoms with Crippen LogP contribution in [0.2, 0.25) is 5.02 Å². The lowest BCUT2D eigenvalue weighted by Gasteiger charge is -2.35. The van der Waals surface area contributed by atoms with E-state index in [1.807, 2.05) is 12.1 Å². The van der Waals surface area contributed by atoms with Crippen molar-refractivity contribution in [2.75, 3.05) is 6.61 Å². The fraction of sp³-hybridized carbons (Fsp3) is 0.611. The van der Waals surface area contributed by atoms with Crippen LogP contribution in [-0.2, 0) is 12.8 Å². The van der Waals surface area contributed by atoms with E-state index >= 15 is 0 Å². The molecule has 1 fully saturated rings. The third-order valence-electron chi connectivity index (χ3n) is 5.23. The van der Waals surface area contributed by atoms with Crippen molar-refractivity contribution in [2.45, 2.75) is 51.9 Å². The van der Waals surface area contributed by atoms with E-state index in [1.165, 1.54) is 24.8 Å². The van der Waals surface area contributed by atoms with Gasteiger partial charge >= 0.3 is 0 Å². The standard InChI is InChI=1S/C18H22ClNO/c1-2-13-3-6-18(12-20,7-4-13)11-15-10-16(19)9-14-5-8-21-17(14)15/h9-10,13H,2-8,11H2,1H3. The van der Waals surface area contributed by atoms with Crippen LogP contribution < -0.4 is 4.74 Å². The Hall–Kier alpha value is -1.20. The molecule has 0 bridgehead atoms. The molecule has 3 heteroatoms. The maximum Gasteiger partial charge on any atom is 0.125 e. The molecule has 1 aliphatic heterocycles. The molecule has 1 aromatic rings. The van der Waals surface area contributed by atoms with E-state index in [0.29, 0.717) is 0 Å². The first-order chi connectivity index (χ1) is 10.2. The Bertz CT molecular complexity index is 567. The Morgan fingerprint density at radius 2 is 2.14 bits per heavy atom. The summed E-state index contributed by atoms with van der Waals surface area (Å²) in [6, 6.07) is 6.62. The maximum atomic E-state index is 9.76. The highest BCUT2D eigenvalue weighted by Crippen LogP contribution is 2.44. The monoisotopic (exact) mass is 303 g/mol. The fourth-order valence-corrected chi connectivity index (χ4v) is 4.07. The number of fused-ring (bicyclic) bond motifs is 1. The molecule has 1 saturated carbocycles. The summed E-state index contributed by atoms with van der Waals surface area (Å²) in [7, 11) is 0. The molecule has 0 aromatic heterocycles. The molecule has 2 nitrogen and oxygen atoms in total. The van der Waals surface area contributed by atoms with Crippen LogP contribution in [-0.4, -0.2) is 6.61 Å². The van der Waals surface area contributed by atoms with Crippen LogP contribution in [0.15, 0.2) is 12.1 Å². The highest BCUT2D eigenvalue weighted by Gasteiger charge is 2.36. The minimum atomic E-state index is -0.226. The Balaban J connectivity index is 1.84. The highest BCUT2D eigenvalue weighted by molar-refractivity contribution is 6.30. The van der Waals surface area contributed by atoms with Gasteiger partial charge in [-0.2, -0.15) is 5.26 Å². The Morgan fingerprint density at radius 3 is 2.81 bits per heavy atom. The first kappa shape index (κ1) is 14.7. The van der Waals surface area contributed by atoms with Gasteiger partial charge in [0.2, 0.25) is 0 Å². The largest absolute Gasteiger partial charge is 0.493 e. The van der Waals surface area contributed by atoms with Crippen molar-refractivity contribution in [3.8, 4) is 11.8 Å². The van der Waals surface area contributed by atoms with E-state index in [-0.39, 0.29) is 5.41 Å². The zero-order valence-corrected chi connectivity index (χ0v) is 13.4. The summed E-state index contributed by atoms with van der Waals surface area (Å²) in [5.74, 6) is 1.79. The van der Waals surface area contributed by atoms with Crippen molar-refractivity contribution in [3.05, 3.63) is 28.3 Å². The van der Waals surface area contributed by atoms with Gasteiger partial charge < -0.3 is 4.74 Å². The SMILES string of the molecule is CCC1CCC(C#N)(Cc2cc(Cl)cc3c2OCC3)CC1. The minimum Gasteiger partial charge on any atom is -0.493 e. The smallest absolute Gasteiger partial charge is 0.125 e. The highest BCUT2D eigenvalue weighted by atomic mass is 35.5. The number of hydrogen-bond acceptors (Lipinski definition) is 2. The third-order valence-corrected chi connectivity index (χ3v) is 5.45. The third kappa shape index (κ3) is 2.90. The van der Waals surface area contributed by atoms with E-state index in [2.05, 4.69) is 13.0 Å². The predicted octanol–water partition coefficient (Wildman–Crippen LogP) is 4.93. The first-order valence-corrected chi connectivity index (χ1v) is 8.39. The summed E-state index contributed by atoms with van der Waals surface area (Å²) in [5, 5.41) is 10.5. The number of rotatable bonds is 3. The number of hydrogen-bond donors (Lipinski definition) is 0. The molecule has 0 amide bonds. The van der Waals surface area contributed by atoms with Crippen molar-refractivity contribution < 1.29 is 4.74 Å². The summed E-state index contributed by atoms with van der Waals surface area (Å²) in [6.45, 7) is 2.99. The minimum absolute atomic E-state index is 0.226. The van der Waals surface area contributed by atoms with Gasteiger partial charge in [0.1, 0.15) is 5.75 Å². The molecule has 1 aliphatic carbocycles. The second kappa shape index (κ2) is 5.89. The maximum absolute atomic E-state index is 9.76. The van der Waals surface area contributed by atoms with Crippen molar-refractivity contribution in [1.29, 1.82) is 5.26 Å². The Kier molecular flexibility index (Phi) is 4.13. The molecule has 0 spiro atoms. The molecule has 0 saturated heterocycles. The number of benzene rings is 1. The van der Waals surface area contributed by atoms with Gasteiger partial charge in [-0.1, -0.05) is 24.9 Å². The average Bonchev–Trinajstić information content (AvgIpc) is 2.96. The van der Waals surface area contributed by atoms with Gasteiger partial charge in [-0.25, -0.2) is 0 Å². The van der Waals surface area contributed by atoms with Crippen molar-refractivity contribution in [3.63, 3.8) is 0 Å². The van der Waals surface area contributed by atoms with Crippen LogP contribution in [0.5, 0.6) is 5.75 Å². The molecule has 0 N–H and O–H groups in total. The second-order valence-electron chi connectivity index (χ2n) is 6.57. The molecule has 0 atom stereocenters. The van der Waals surface area contributed by atoms with Crippen molar-refractivity contribution in [2.24, 2.45) is 11.3 Å². The van der Waals surface area contributed by atoms with Gasteiger partial charge in [0.25, 0.3) is 0 Å². The summed E-state index contributed by atoms with van der Waals surface area (Å²) >= 11 is 6.24. The molecule has 0 radical (unpaired) electrons. The molecule has 3 rings (SSSR count). The molecule has 2 aliphatic rings. The Labute approximate surface area is 132 Å². The normalized spacial score (nSPS) is 27.8. The molecule has 21 heavy (non-hydrogen) atoms. The van der Waals surface area contributed by atoms with E-state index in [9.17, 15) is 5.26 Å². The van der Waals surface area contributed by atoms with E-state index in [0.717, 1.165) is 54.5 Å². The number of ether oxygens (including phenoxy) is 1. The first-order valence-electron chi connectivity index (χ1n) is 8.01. The van der Waals surface area contributed by atoms with Crippen molar-refractivity contribution in [1.82, 2.24) is 0 Å². The van der Waals surface area contributed by atoms with Crippen LogP contribution in [0.4, 0.5) is 0 Å². The lowest BCUT2D eigenvalue weighted by molar-refractivity contribution is 0.203. The lowest BCUT2D eigenvalue weighted by Crippen LogP contribution is -2.28. The van der Waals surface area contributed by atoms with Gasteiger partial charge in [0.15, 0.2) is 0 Å². The van der Waals surface area contributed by atoms with Crippen molar-refractivity contribution >= 4 is 11.6 Å². The van der Waals surface area contributed by atoms with Crippen LogP contribution in [0.25, 0.3) is 0 Å². The van der Waals surface area contributed by atoms with Gasteiger partial charge in [-0.05, 0) is 61.3 Å². The summed E-state index contributed by atoms with van der Waals surface area (Å²) < 4.78 is 5.79. The second-order valence-corrected chi connectivity index (χ2v) is 7.01. The van der Waals surface area contributed by atoms with Crippen LogP contribution >= 0.6 is 11.6 Å². The number of halogens is 1. The number of nitrogens with zero attached hydrogens (tertiary/aromatic N) is 1. The average molecular weight is 304 g/mol. The summed E-state index contributed by atoms with van der Waals surface area (Å²) in [6.07, 6.45) is 7.30. The van der Waals surface area contributed by atoms with E-state index in [1.54, 1.807) is 0 Å². The zero-order valence-electron chi connectivity index (χ0n) is 12.6. The molecular weight excluding hydrogens is 282 g/mol. The van der Waals surface area contributed by atoms with Gasteiger partial charge in [-0.15, -0.1) is 0 Å². The van der Waals surface area contributed by atoms with E-state index < -0.39 is 0 Å². The fourth-order valence-electron chi connectivity index (χ4n) is 3.81. The van der Waals surface area contributed by atoms with Gasteiger partial charge in [-0.3, -0.25) is 0 Å². The van der Waals surface area contributed by atoms with Crippen LogP contribution in [0.3, 0.4) is 0 Å². The molecule has 1 aromatic carbocycles. The summed E-state index contributed by atoms with van der Waals surface area (Å²) in [4.78, 5) is 0. The zero-order chi connectivity index (χ0) is 14.9. The molecule has 1 heterocycles.